The molecule has 1 amide bonds. The van der Waals surface area contributed by atoms with Crippen LogP contribution in [-0.4, -0.2) is 11.7 Å². The summed E-state index contributed by atoms with van der Waals surface area (Å²) < 4.78 is 1.05. The highest BCUT2D eigenvalue weighted by Gasteiger charge is 2.34. The van der Waals surface area contributed by atoms with Gasteiger partial charge in [0.1, 0.15) is 5.37 Å². The predicted octanol–water partition coefficient (Wildman–Crippen LogP) is 4.84. The summed E-state index contributed by atoms with van der Waals surface area (Å²) in [7, 11) is 0. The molecule has 2 aromatic rings. The molecule has 3 rings (SSSR count). The van der Waals surface area contributed by atoms with Crippen molar-refractivity contribution >= 4 is 39.3 Å². The zero-order valence-corrected chi connectivity index (χ0v) is 14.4. The summed E-state index contributed by atoms with van der Waals surface area (Å²) in [5, 5.41) is 0.0627. The fourth-order valence-corrected chi connectivity index (χ4v) is 3.89. The highest BCUT2D eigenvalue weighted by molar-refractivity contribution is 9.10. The van der Waals surface area contributed by atoms with E-state index in [0.717, 1.165) is 15.7 Å². The summed E-state index contributed by atoms with van der Waals surface area (Å²) in [6, 6.07) is 14.4. The number of rotatable bonds is 2. The molecule has 2 nitrogen and oxygen atoms in total. The lowest BCUT2D eigenvalue weighted by Crippen LogP contribution is -2.27. The maximum absolute atomic E-state index is 12.3. The minimum atomic E-state index is 0.0627. The first-order valence-corrected chi connectivity index (χ1v) is 8.67. The molecule has 0 bridgehead atoms. The van der Waals surface area contributed by atoms with E-state index in [4.69, 9.17) is 0 Å². The molecule has 1 saturated heterocycles. The molecule has 21 heavy (non-hydrogen) atoms. The Labute approximate surface area is 137 Å². The molecule has 0 N–H and O–H groups in total. The average Bonchev–Trinajstić information content (AvgIpc) is 2.85. The Hall–Kier alpha value is -1.26. The van der Waals surface area contributed by atoms with Crippen LogP contribution in [0.5, 0.6) is 0 Å². The number of anilines is 1. The van der Waals surface area contributed by atoms with Crippen LogP contribution in [0, 0.1) is 13.8 Å². The van der Waals surface area contributed by atoms with Crippen LogP contribution in [0.2, 0.25) is 0 Å². The Kier molecular flexibility index (Phi) is 4.09. The number of carbonyl (C=O) groups excluding carboxylic acids is 1. The Morgan fingerprint density at radius 1 is 1.10 bits per heavy atom. The largest absolute Gasteiger partial charge is 0.295 e. The van der Waals surface area contributed by atoms with Gasteiger partial charge < -0.3 is 0 Å². The van der Waals surface area contributed by atoms with E-state index in [9.17, 15) is 4.79 Å². The van der Waals surface area contributed by atoms with Crippen molar-refractivity contribution in [2.24, 2.45) is 0 Å². The molecule has 108 valence electrons. The molecule has 0 unspecified atom stereocenters. The highest BCUT2D eigenvalue weighted by atomic mass is 79.9. The monoisotopic (exact) mass is 361 g/mol. The van der Waals surface area contributed by atoms with E-state index in [-0.39, 0.29) is 11.3 Å². The third kappa shape index (κ3) is 2.87. The van der Waals surface area contributed by atoms with Gasteiger partial charge in [0.15, 0.2) is 0 Å². The summed E-state index contributed by atoms with van der Waals surface area (Å²) in [6.45, 7) is 4.17. The van der Waals surface area contributed by atoms with E-state index in [1.54, 1.807) is 11.8 Å². The van der Waals surface area contributed by atoms with E-state index in [0.29, 0.717) is 5.75 Å². The van der Waals surface area contributed by atoms with Gasteiger partial charge in [-0.05, 0) is 54.8 Å². The maximum atomic E-state index is 12.3. The van der Waals surface area contributed by atoms with Gasteiger partial charge in [-0.2, -0.15) is 0 Å². The summed E-state index contributed by atoms with van der Waals surface area (Å²) in [5.41, 5.74) is 4.61. The first-order chi connectivity index (χ1) is 10.1. The number of benzene rings is 2. The van der Waals surface area contributed by atoms with E-state index >= 15 is 0 Å². The summed E-state index contributed by atoms with van der Waals surface area (Å²) in [5.74, 6) is 0.712. The first-order valence-electron chi connectivity index (χ1n) is 6.82. The molecule has 4 heteroatoms. The SMILES string of the molecule is Cc1ccc(N2C(=O)CS[C@@H]2c2ccc(Br)cc2)cc1C. The van der Waals surface area contributed by atoms with Crippen LogP contribution in [0.4, 0.5) is 5.69 Å². The molecule has 0 spiro atoms. The van der Waals surface area contributed by atoms with Crippen molar-refractivity contribution < 1.29 is 4.79 Å². The molecule has 2 aromatic carbocycles. The van der Waals surface area contributed by atoms with Crippen LogP contribution < -0.4 is 4.90 Å². The van der Waals surface area contributed by atoms with Gasteiger partial charge in [-0.25, -0.2) is 0 Å². The Bertz CT molecular complexity index is 684. The number of halogens is 1. The van der Waals surface area contributed by atoms with Crippen LogP contribution in [0.3, 0.4) is 0 Å². The second-order valence-corrected chi connectivity index (χ2v) is 7.23. The van der Waals surface area contributed by atoms with Crippen LogP contribution in [0.15, 0.2) is 46.9 Å². The van der Waals surface area contributed by atoms with Crippen molar-refractivity contribution in [3.05, 3.63) is 63.6 Å². The van der Waals surface area contributed by atoms with Crippen molar-refractivity contribution in [3.63, 3.8) is 0 Å². The molecule has 1 heterocycles. The molecule has 0 aromatic heterocycles. The topological polar surface area (TPSA) is 20.3 Å². The standard InChI is InChI=1S/C17H16BrNOS/c1-11-3-8-15(9-12(11)2)19-16(20)10-21-17(19)13-4-6-14(18)7-5-13/h3-9,17H,10H2,1-2H3/t17-/m1/s1. The average molecular weight is 362 g/mol. The fourth-order valence-electron chi connectivity index (χ4n) is 2.45. The van der Waals surface area contributed by atoms with Crippen LogP contribution >= 0.6 is 27.7 Å². The van der Waals surface area contributed by atoms with Gasteiger partial charge >= 0.3 is 0 Å². The molecule has 0 saturated carbocycles. The Balaban J connectivity index is 1.99. The van der Waals surface area contributed by atoms with Crippen molar-refractivity contribution in [2.45, 2.75) is 19.2 Å². The van der Waals surface area contributed by atoms with Crippen molar-refractivity contribution in [2.75, 3.05) is 10.7 Å². The molecule has 0 radical (unpaired) electrons. The zero-order chi connectivity index (χ0) is 15.0. The van der Waals surface area contributed by atoms with Gasteiger partial charge in [-0.15, -0.1) is 11.8 Å². The van der Waals surface area contributed by atoms with Crippen molar-refractivity contribution in [1.82, 2.24) is 0 Å². The van der Waals surface area contributed by atoms with Gasteiger partial charge in [-0.3, -0.25) is 9.69 Å². The number of hydrogen-bond donors (Lipinski definition) is 0. The van der Waals surface area contributed by atoms with Gasteiger partial charge in [-0.1, -0.05) is 34.1 Å². The summed E-state index contributed by atoms with van der Waals surface area (Å²) >= 11 is 5.14. The number of hydrogen-bond acceptors (Lipinski definition) is 2. The highest BCUT2D eigenvalue weighted by Crippen LogP contribution is 2.42. The molecular weight excluding hydrogens is 346 g/mol. The van der Waals surface area contributed by atoms with Crippen molar-refractivity contribution in [3.8, 4) is 0 Å². The fraction of sp³-hybridized carbons (Fsp3) is 0.235. The van der Waals surface area contributed by atoms with Crippen LogP contribution in [0.25, 0.3) is 0 Å². The number of thioether (sulfide) groups is 1. The third-order valence-electron chi connectivity index (χ3n) is 3.79. The minimum Gasteiger partial charge on any atom is -0.295 e. The number of aryl methyl sites for hydroxylation is 2. The Morgan fingerprint density at radius 2 is 1.81 bits per heavy atom. The number of nitrogens with zero attached hydrogens (tertiary/aromatic N) is 1. The zero-order valence-electron chi connectivity index (χ0n) is 12.0. The van der Waals surface area contributed by atoms with Crippen molar-refractivity contribution in [1.29, 1.82) is 0 Å². The Morgan fingerprint density at radius 3 is 2.48 bits per heavy atom. The molecule has 1 atom stereocenters. The van der Waals surface area contributed by atoms with Gasteiger partial charge in [0.25, 0.3) is 0 Å². The van der Waals surface area contributed by atoms with E-state index in [2.05, 4.69) is 54.0 Å². The first kappa shape index (κ1) is 14.7. The lowest BCUT2D eigenvalue weighted by atomic mass is 10.1. The molecular formula is C17H16BrNOS. The summed E-state index contributed by atoms with van der Waals surface area (Å²) in [6.07, 6.45) is 0. The van der Waals surface area contributed by atoms with Gasteiger partial charge in [0.2, 0.25) is 5.91 Å². The number of amides is 1. The normalized spacial score (nSPS) is 18.3. The van der Waals surface area contributed by atoms with E-state index in [1.807, 2.05) is 23.1 Å². The summed E-state index contributed by atoms with van der Waals surface area (Å²) in [4.78, 5) is 14.2. The van der Waals surface area contributed by atoms with Gasteiger partial charge in [0.05, 0.1) is 5.75 Å². The van der Waals surface area contributed by atoms with Crippen LogP contribution in [0.1, 0.15) is 22.1 Å². The van der Waals surface area contributed by atoms with E-state index in [1.165, 1.54) is 11.1 Å². The van der Waals surface area contributed by atoms with Crippen LogP contribution in [-0.2, 0) is 4.79 Å². The lowest BCUT2D eigenvalue weighted by Gasteiger charge is -2.25. The number of carbonyl (C=O) groups is 1. The smallest absolute Gasteiger partial charge is 0.238 e. The lowest BCUT2D eigenvalue weighted by molar-refractivity contribution is -0.115. The molecule has 1 fully saturated rings. The maximum Gasteiger partial charge on any atom is 0.238 e. The third-order valence-corrected chi connectivity index (χ3v) is 5.53. The van der Waals surface area contributed by atoms with E-state index < -0.39 is 0 Å². The van der Waals surface area contributed by atoms with Gasteiger partial charge in [0, 0.05) is 10.2 Å². The quantitative estimate of drug-likeness (QED) is 0.762. The predicted molar refractivity (Wildman–Crippen MR) is 92.7 cm³/mol. The second kappa shape index (κ2) is 5.85. The molecule has 1 aliphatic heterocycles. The minimum absolute atomic E-state index is 0.0627. The molecule has 1 aliphatic rings. The molecule has 0 aliphatic carbocycles. The second-order valence-electron chi connectivity index (χ2n) is 5.25.